The largest absolute Gasteiger partial charge is 0.472 e. The molecule has 102 valence electrons. The number of carbonyl (C=O) groups excluding carboxylic acids is 1. The standard InChI is InChI=1S/C15H13NO2S2/c17-15(12-5-8-19-10-12)16-6-3-13-1-2-14(20-13)11-4-7-18-9-11/h1-2,4-5,7-10H,3,6H2,(H,16,17). The fraction of sp³-hybridized carbons (Fsp3) is 0.133. The van der Waals surface area contributed by atoms with Gasteiger partial charge in [-0.15, -0.1) is 11.3 Å². The Bertz CT molecular complexity index is 669. The molecule has 0 bridgehead atoms. The van der Waals surface area contributed by atoms with Gasteiger partial charge >= 0.3 is 0 Å². The molecular weight excluding hydrogens is 290 g/mol. The van der Waals surface area contributed by atoms with Gasteiger partial charge in [0.05, 0.1) is 12.5 Å². The van der Waals surface area contributed by atoms with E-state index in [0.717, 1.165) is 17.5 Å². The first kappa shape index (κ1) is 13.1. The van der Waals surface area contributed by atoms with Crippen molar-refractivity contribution in [2.45, 2.75) is 6.42 Å². The van der Waals surface area contributed by atoms with Crippen LogP contribution in [-0.2, 0) is 6.42 Å². The molecule has 3 heterocycles. The van der Waals surface area contributed by atoms with Gasteiger partial charge in [-0.25, -0.2) is 0 Å². The van der Waals surface area contributed by atoms with Gasteiger partial charge in [0.15, 0.2) is 0 Å². The van der Waals surface area contributed by atoms with Crippen molar-refractivity contribution in [3.05, 3.63) is 58.0 Å². The zero-order valence-electron chi connectivity index (χ0n) is 10.7. The predicted octanol–water partition coefficient (Wildman–Crippen LogP) is 4.04. The Hall–Kier alpha value is -1.85. The number of rotatable bonds is 5. The van der Waals surface area contributed by atoms with E-state index in [1.807, 2.05) is 22.9 Å². The quantitative estimate of drug-likeness (QED) is 0.773. The minimum absolute atomic E-state index is 0.00198. The first-order valence-corrected chi connectivity index (χ1v) is 8.00. The summed E-state index contributed by atoms with van der Waals surface area (Å²) < 4.78 is 5.08. The second-order valence-corrected chi connectivity index (χ2v) is 6.24. The highest BCUT2D eigenvalue weighted by molar-refractivity contribution is 7.15. The van der Waals surface area contributed by atoms with Crippen molar-refractivity contribution in [1.82, 2.24) is 5.32 Å². The Balaban J connectivity index is 1.53. The monoisotopic (exact) mass is 303 g/mol. The van der Waals surface area contributed by atoms with E-state index >= 15 is 0 Å². The average molecular weight is 303 g/mol. The highest BCUT2D eigenvalue weighted by Gasteiger charge is 2.06. The Labute approximate surface area is 124 Å². The summed E-state index contributed by atoms with van der Waals surface area (Å²) in [6.45, 7) is 0.653. The van der Waals surface area contributed by atoms with Crippen molar-refractivity contribution in [3.63, 3.8) is 0 Å². The maximum Gasteiger partial charge on any atom is 0.252 e. The topological polar surface area (TPSA) is 42.2 Å². The van der Waals surface area contributed by atoms with Gasteiger partial charge in [0, 0.05) is 32.8 Å². The fourth-order valence-corrected chi connectivity index (χ4v) is 3.50. The molecule has 0 saturated carbocycles. The van der Waals surface area contributed by atoms with Crippen molar-refractivity contribution in [2.24, 2.45) is 0 Å². The fourth-order valence-electron chi connectivity index (χ4n) is 1.87. The molecule has 0 spiro atoms. The highest BCUT2D eigenvalue weighted by Crippen LogP contribution is 2.28. The lowest BCUT2D eigenvalue weighted by Crippen LogP contribution is -2.24. The molecule has 3 aromatic heterocycles. The number of thiophene rings is 2. The van der Waals surface area contributed by atoms with Gasteiger partial charge in [-0.05, 0) is 36.1 Å². The first-order chi connectivity index (χ1) is 9.83. The second-order valence-electron chi connectivity index (χ2n) is 4.30. The molecule has 1 N–H and O–H groups in total. The van der Waals surface area contributed by atoms with Crippen LogP contribution in [-0.4, -0.2) is 12.5 Å². The van der Waals surface area contributed by atoms with Crippen molar-refractivity contribution in [2.75, 3.05) is 6.54 Å². The summed E-state index contributed by atoms with van der Waals surface area (Å²) in [6.07, 6.45) is 4.27. The van der Waals surface area contributed by atoms with E-state index in [1.165, 1.54) is 21.1 Å². The Kier molecular flexibility index (Phi) is 3.99. The molecule has 3 rings (SSSR count). The van der Waals surface area contributed by atoms with Gasteiger partial charge in [0.1, 0.15) is 0 Å². The van der Waals surface area contributed by atoms with Crippen LogP contribution in [0.15, 0.2) is 52.0 Å². The van der Waals surface area contributed by atoms with Crippen LogP contribution in [0.2, 0.25) is 0 Å². The molecule has 0 fully saturated rings. The van der Waals surface area contributed by atoms with E-state index in [0.29, 0.717) is 6.54 Å². The van der Waals surface area contributed by atoms with Crippen molar-refractivity contribution in [3.8, 4) is 10.4 Å². The predicted molar refractivity (Wildman–Crippen MR) is 82.4 cm³/mol. The summed E-state index contributed by atoms with van der Waals surface area (Å²) in [4.78, 5) is 14.2. The molecular formula is C15H13NO2S2. The molecule has 0 unspecified atom stereocenters. The van der Waals surface area contributed by atoms with Gasteiger partial charge < -0.3 is 9.73 Å². The Morgan fingerprint density at radius 1 is 1.25 bits per heavy atom. The molecule has 20 heavy (non-hydrogen) atoms. The minimum Gasteiger partial charge on any atom is -0.472 e. The third-order valence-corrected chi connectivity index (χ3v) is 4.78. The second kappa shape index (κ2) is 6.07. The van der Waals surface area contributed by atoms with Gasteiger partial charge in [0.2, 0.25) is 0 Å². The summed E-state index contributed by atoms with van der Waals surface area (Å²) in [5.41, 5.74) is 1.84. The number of furan rings is 1. The van der Waals surface area contributed by atoms with Crippen LogP contribution in [0.4, 0.5) is 0 Å². The maximum absolute atomic E-state index is 11.8. The van der Waals surface area contributed by atoms with E-state index in [2.05, 4.69) is 17.4 Å². The molecule has 0 aromatic carbocycles. The highest BCUT2D eigenvalue weighted by atomic mass is 32.1. The molecule has 0 radical (unpaired) electrons. The molecule has 0 atom stereocenters. The number of nitrogens with one attached hydrogen (secondary N) is 1. The molecule has 5 heteroatoms. The van der Waals surface area contributed by atoms with Crippen LogP contribution in [0.25, 0.3) is 10.4 Å². The van der Waals surface area contributed by atoms with E-state index in [4.69, 9.17) is 4.42 Å². The summed E-state index contributed by atoms with van der Waals surface area (Å²) in [6, 6.07) is 7.98. The van der Waals surface area contributed by atoms with E-state index in [-0.39, 0.29) is 5.91 Å². The smallest absolute Gasteiger partial charge is 0.252 e. The zero-order chi connectivity index (χ0) is 13.8. The molecule has 3 aromatic rings. The van der Waals surface area contributed by atoms with E-state index in [1.54, 1.807) is 23.9 Å². The van der Waals surface area contributed by atoms with Crippen LogP contribution >= 0.6 is 22.7 Å². The minimum atomic E-state index is -0.00198. The average Bonchev–Trinajstić information content (AvgIpc) is 3.20. The number of hydrogen-bond acceptors (Lipinski definition) is 4. The van der Waals surface area contributed by atoms with Crippen molar-refractivity contribution >= 4 is 28.6 Å². The molecule has 0 saturated heterocycles. The summed E-state index contributed by atoms with van der Waals surface area (Å²) in [5, 5.41) is 6.70. The van der Waals surface area contributed by atoms with Crippen LogP contribution in [0, 0.1) is 0 Å². The van der Waals surface area contributed by atoms with Crippen molar-refractivity contribution < 1.29 is 9.21 Å². The Morgan fingerprint density at radius 3 is 2.95 bits per heavy atom. The molecule has 0 aliphatic heterocycles. The van der Waals surface area contributed by atoms with Gasteiger partial charge in [-0.1, -0.05) is 0 Å². The normalized spacial score (nSPS) is 10.6. The lowest BCUT2D eigenvalue weighted by atomic mass is 10.2. The van der Waals surface area contributed by atoms with Crippen LogP contribution < -0.4 is 5.32 Å². The lowest BCUT2D eigenvalue weighted by molar-refractivity contribution is 0.0954. The third-order valence-electron chi connectivity index (χ3n) is 2.91. The van der Waals surface area contributed by atoms with Crippen LogP contribution in [0.3, 0.4) is 0 Å². The van der Waals surface area contributed by atoms with E-state index < -0.39 is 0 Å². The maximum atomic E-state index is 11.8. The molecule has 3 nitrogen and oxygen atoms in total. The summed E-state index contributed by atoms with van der Waals surface area (Å²) in [7, 11) is 0. The summed E-state index contributed by atoms with van der Waals surface area (Å²) >= 11 is 3.26. The van der Waals surface area contributed by atoms with Gasteiger partial charge in [-0.3, -0.25) is 4.79 Å². The molecule has 1 amide bonds. The summed E-state index contributed by atoms with van der Waals surface area (Å²) in [5.74, 6) is -0.00198. The first-order valence-electron chi connectivity index (χ1n) is 6.24. The van der Waals surface area contributed by atoms with Gasteiger partial charge in [-0.2, -0.15) is 11.3 Å². The SMILES string of the molecule is O=C(NCCc1ccc(-c2ccoc2)s1)c1ccsc1. The number of amides is 1. The zero-order valence-corrected chi connectivity index (χ0v) is 12.3. The number of carbonyl (C=O) groups is 1. The lowest BCUT2D eigenvalue weighted by Gasteiger charge is -2.01. The number of hydrogen-bond donors (Lipinski definition) is 1. The molecule has 0 aliphatic carbocycles. The molecule has 0 aliphatic rings. The van der Waals surface area contributed by atoms with Crippen molar-refractivity contribution in [1.29, 1.82) is 0 Å². The Morgan fingerprint density at radius 2 is 2.20 bits per heavy atom. The third kappa shape index (κ3) is 3.00. The van der Waals surface area contributed by atoms with Crippen LogP contribution in [0.1, 0.15) is 15.2 Å². The van der Waals surface area contributed by atoms with Gasteiger partial charge in [0.25, 0.3) is 5.91 Å². The van der Waals surface area contributed by atoms with E-state index in [9.17, 15) is 4.79 Å². The van der Waals surface area contributed by atoms with Crippen LogP contribution in [0.5, 0.6) is 0 Å².